The molecule has 1 aliphatic rings. The van der Waals surface area contributed by atoms with Crippen molar-refractivity contribution in [2.75, 3.05) is 31.1 Å². The fraction of sp³-hybridized carbons (Fsp3) is 0.533. The molecular weight excluding hydrogens is 240 g/mol. The molecular formula is C15H22N2O2. The number of hydrogen-bond donors (Lipinski definition) is 1. The van der Waals surface area contributed by atoms with Gasteiger partial charge in [-0.1, -0.05) is 6.07 Å². The van der Waals surface area contributed by atoms with Gasteiger partial charge in [0.05, 0.1) is 6.61 Å². The molecule has 1 N–H and O–H groups in total. The fourth-order valence-electron chi connectivity index (χ4n) is 2.47. The van der Waals surface area contributed by atoms with Gasteiger partial charge in [-0.25, -0.2) is 0 Å². The van der Waals surface area contributed by atoms with Crippen LogP contribution in [0, 0.1) is 13.8 Å². The summed E-state index contributed by atoms with van der Waals surface area (Å²) in [5.41, 5.74) is 3.30. The third-order valence-electron chi connectivity index (χ3n) is 3.30. The van der Waals surface area contributed by atoms with E-state index in [1.165, 1.54) is 11.1 Å². The van der Waals surface area contributed by atoms with Gasteiger partial charge in [-0.05, 0) is 44.0 Å². The molecule has 4 heteroatoms. The van der Waals surface area contributed by atoms with E-state index in [-0.39, 0.29) is 12.0 Å². The van der Waals surface area contributed by atoms with Crippen molar-refractivity contribution < 1.29 is 9.53 Å². The van der Waals surface area contributed by atoms with Crippen molar-refractivity contribution in [3.05, 3.63) is 29.3 Å². The molecule has 1 saturated heterocycles. The van der Waals surface area contributed by atoms with E-state index in [1.807, 2.05) is 32.9 Å². The van der Waals surface area contributed by atoms with E-state index in [9.17, 15) is 4.79 Å². The molecule has 19 heavy (non-hydrogen) atoms. The normalized spacial score (nSPS) is 19.2. The lowest BCUT2D eigenvalue weighted by Crippen LogP contribution is -2.49. The summed E-state index contributed by atoms with van der Waals surface area (Å²) in [5.74, 6) is 0.0414. The Labute approximate surface area is 114 Å². The van der Waals surface area contributed by atoms with Gasteiger partial charge in [0.15, 0.2) is 0 Å². The highest BCUT2D eigenvalue weighted by atomic mass is 16.5. The lowest BCUT2D eigenvalue weighted by Gasteiger charge is -2.29. The number of hydrogen-bond acceptors (Lipinski definition) is 3. The van der Waals surface area contributed by atoms with Crippen molar-refractivity contribution in [3.8, 4) is 0 Å². The van der Waals surface area contributed by atoms with Gasteiger partial charge in [0.25, 0.3) is 5.91 Å². The standard InChI is InChI=1S/C15H22N2O2/c1-4-17(13-8-11(2)7-12(3)9-13)15(18)14-10-16-5-6-19-14/h7-9,14,16H,4-6,10H2,1-3H3. The van der Waals surface area contributed by atoms with Crippen molar-refractivity contribution >= 4 is 11.6 Å². The third-order valence-corrected chi connectivity index (χ3v) is 3.30. The number of amides is 1. The van der Waals surface area contributed by atoms with Gasteiger partial charge in [-0.2, -0.15) is 0 Å². The maximum Gasteiger partial charge on any atom is 0.257 e. The number of anilines is 1. The topological polar surface area (TPSA) is 41.6 Å². The number of carbonyl (C=O) groups is 1. The lowest BCUT2D eigenvalue weighted by atomic mass is 10.1. The van der Waals surface area contributed by atoms with Crippen LogP contribution in [0.25, 0.3) is 0 Å². The van der Waals surface area contributed by atoms with E-state index in [0.29, 0.717) is 19.7 Å². The molecule has 1 unspecified atom stereocenters. The largest absolute Gasteiger partial charge is 0.366 e. The number of ether oxygens (including phenoxy) is 1. The molecule has 2 rings (SSSR count). The molecule has 0 radical (unpaired) electrons. The number of rotatable bonds is 3. The summed E-state index contributed by atoms with van der Waals surface area (Å²) < 4.78 is 5.55. The van der Waals surface area contributed by atoms with Crippen molar-refractivity contribution in [2.24, 2.45) is 0 Å². The second-order valence-corrected chi connectivity index (χ2v) is 4.99. The Hall–Kier alpha value is -1.39. The van der Waals surface area contributed by atoms with Crippen molar-refractivity contribution in [1.29, 1.82) is 0 Å². The monoisotopic (exact) mass is 262 g/mol. The smallest absolute Gasteiger partial charge is 0.257 e. The van der Waals surface area contributed by atoms with Crippen LogP contribution in [-0.2, 0) is 9.53 Å². The fourth-order valence-corrected chi connectivity index (χ4v) is 2.47. The Balaban J connectivity index is 2.20. The van der Waals surface area contributed by atoms with Crippen LogP contribution in [0.5, 0.6) is 0 Å². The van der Waals surface area contributed by atoms with E-state index >= 15 is 0 Å². The predicted octanol–water partition coefficient (Wildman–Crippen LogP) is 1.64. The number of nitrogens with zero attached hydrogens (tertiary/aromatic N) is 1. The van der Waals surface area contributed by atoms with Crippen molar-refractivity contribution in [1.82, 2.24) is 5.32 Å². The van der Waals surface area contributed by atoms with Crippen LogP contribution in [0.2, 0.25) is 0 Å². The summed E-state index contributed by atoms with van der Waals surface area (Å²) in [6, 6.07) is 6.20. The molecule has 1 heterocycles. The molecule has 104 valence electrons. The zero-order valence-electron chi connectivity index (χ0n) is 11.9. The molecule has 0 spiro atoms. The second kappa shape index (κ2) is 6.17. The zero-order valence-corrected chi connectivity index (χ0v) is 11.9. The first-order valence-electron chi connectivity index (χ1n) is 6.84. The van der Waals surface area contributed by atoms with E-state index < -0.39 is 0 Å². The van der Waals surface area contributed by atoms with Gasteiger partial charge >= 0.3 is 0 Å². The summed E-state index contributed by atoms with van der Waals surface area (Å²) in [6.45, 7) is 8.76. The van der Waals surface area contributed by atoms with Crippen LogP contribution < -0.4 is 10.2 Å². The maximum atomic E-state index is 12.5. The Bertz CT molecular complexity index is 433. The Morgan fingerprint density at radius 2 is 2.05 bits per heavy atom. The minimum atomic E-state index is -0.366. The highest BCUT2D eigenvalue weighted by Crippen LogP contribution is 2.20. The third kappa shape index (κ3) is 3.33. The Morgan fingerprint density at radius 1 is 1.37 bits per heavy atom. The average molecular weight is 262 g/mol. The summed E-state index contributed by atoms with van der Waals surface area (Å²) in [7, 11) is 0. The minimum absolute atomic E-state index is 0.0414. The molecule has 0 saturated carbocycles. The molecule has 1 aromatic carbocycles. The number of carbonyl (C=O) groups excluding carboxylic acids is 1. The molecule has 1 amide bonds. The van der Waals surface area contributed by atoms with Gasteiger partial charge < -0.3 is 15.0 Å². The van der Waals surface area contributed by atoms with Crippen LogP contribution in [-0.4, -0.2) is 38.3 Å². The first-order valence-corrected chi connectivity index (χ1v) is 6.84. The van der Waals surface area contributed by atoms with Gasteiger partial charge in [0.2, 0.25) is 0 Å². The molecule has 4 nitrogen and oxygen atoms in total. The zero-order chi connectivity index (χ0) is 13.8. The maximum absolute atomic E-state index is 12.5. The molecule has 0 bridgehead atoms. The van der Waals surface area contributed by atoms with E-state index in [0.717, 1.165) is 12.2 Å². The summed E-state index contributed by atoms with van der Waals surface area (Å²) >= 11 is 0. The molecule has 1 fully saturated rings. The number of morpholine rings is 1. The van der Waals surface area contributed by atoms with Crippen LogP contribution >= 0.6 is 0 Å². The number of aryl methyl sites for hydroxylation is 2. The molecule has 1 aliphatic heterocycles. The van der Waals surface area contributed by atoms with Crippen LogP contribution in [0.15, 0.2) is 18.2 Å². The highest BCUT2D eigenvalue weighted by Gasteiger charge is 2.27. The lowest BCUT2D eigenvalue weighted by molar-refractivity contribution is -0.131. The summed E-state index contributed by atoms with van der Waals surface area (Å²) in [5, 5.41) is 3.20. The van der Waals surface area contributed by atoms with Gasteiger partial charge in [0, 0.05) is 25.3 Å². The van der Waals surface area contributed by atoms with Crippen LogP contribution in [0.3, 0.4) is 0 Å². The minimum Gasteiger partial charge on any atom is -0.366 e. The van der Waals surface area contributed by atoms with Crippen LogP contribution in [0.1, 0.15) is 18.1 Å². The van der Waals surface area contributed by atoms with Gasteiger partial charge in [-0.3, -0.25) is 4.79 Å². The van der Waals surface area contributed by atoms with E-state index in [4.69, 9.17) is 4.74 Å². The summed E-state index contributed by atoms with van der Waals surface area (Å²) in [4.78, 5) is 14.3. The van der Waals surface area contributed by atoms with E-state index in [1.54, 1.807) is 4.90 Å². The highest BCUT2D eigenvalue weighted by molar-refractivity contribution is 5.97. The molecule has 1 aromatic rings. The average Bonchev–Trinajstić information content (AvgIpc) is 2.39. The molecule has 1 atom stereocenters. The first kappa shape index (κ1) is 14.0. The number of likely N-dealkylation sites (N-methyl/N-ethyl adjacent to an activating group) is 1. The quantitative estimate of drug-likeness (QED) is 0.900. The number of benzene rings is 1. The Morgan fingerprint density at radius 3 is 2.58 bits per heavy atom. The predicted molar refractivity (Wildman–Crippen MR) is 76.6 cm³/mol. The van der Waals surface area contributed by atoms with Crippen LogP contribution in [0.4, 0.5) is 5.69 Å². The summed E-state index contributed by atoms with van der Waals surface area (Å²) in [6.07, 6.45) is -0.366. The SMILES string of the molecule is CCN(C(=O)C1CNCCO1)c1cc(C)cc(C)c1. The Kier molecular flexibility index (Phi) is 4.56. The van der Waals surface area contributed by atoms with Crippen molar-refractivity contribution in [2.45, 2.75) is 26.9 Å². The first-order chi connectivity index (χ1) is 9.11. The van der Waals surface area contributed by atoms with Gasteiger partial charge in [0.1, 0.15) is 6.10 Å². The molecule has 0 aliphatic carbocycles. The second-order valence-electron chi connectivity index (χ2n) is 4.99. The van der Waals surface area contributed by atoms with E-state index in [2.05, 4.69) is 11.4 Å². The number of nitrogens with one attached hydrogen (secondary N) is 1. The molecule has 0 aromatic heterocycles. The van der Waals surface area contributed by atoms with Gasteiger partial charge in [-0.15, -0.1) is 0 Å². The van der Waals surface area contributed by atoms with Crippen molar-refractivity contribution in [3.63, 3.8) is 0 Å².